The number of carbonyl (C=O) groups excluding carboxylic acids is 1. The molecule has 0 aliphatic carbocycles. The van der Waals surface area contributed by atoms with E-state index < -0.39 is 14.2 Å². The average molecular weight is 406 g/mol. The van der Waals surface area contributed by atoms with Gasteiger partial charge in [0.15, 0.2) is 0 Å². The van der Waals surface area contributed by atoms with Crippen molar-refractivity contribution in [2.45, 2.75) is 59.1 Å². The summed E-state index contributed by atoms with van der Waals surface area (Å²) in [4.78, 5) is 14.4. The number of rotatable bonds is 9. The van der Waals surface area contributed by atoms with Crippen molar-refractivity contribution in [3.05, 3.63) is 29.8 Å². The third-order valence-corrected chi connectivity index (χ3v) is 5.12. The van der Waals surface area contributed by atoms with Crippen LogP contribution in [-0.2, 0) is 20.8 Å². The lowest BCUT2D eigenvalue weighted by molar-refractivity contribution is -0.140. The number of amides is 1. The van der Waals surface area contributed by atoms with E-state index in [2.05, 4.69) is 45.0 Å². The molecule has 0 aliphatic rings. The fourth-order valence-corrected chi connectivity index (χ4v) is 3.46. The summed E-state index contributed by atoms with van der Waals surface area (Å²) in [5, 5.41) is 0. The van der Waals surface area contributed by atoms with Crippen LogP contribution in [0.1, 0.15) is 26.3 Å². The topological polar surface area (TPSA) is 48.0 Å². The molecule has 6 heteroatoms. The first-order valence-electron chi connectivity index (χ1n) is 9.62. The molecule has 0 heterocycles. The van der Waals surface area contributed by atoms with Crippen LogP contribution in [0.4, 0.5) is 0 Å². The summed E-state index contributed by atoms with van der Waals surface area (Å²) in [5.74, 6) is 4.27. The lowest BCUT2D eigenvalue weighted by Crippen LogP contribution is -2.49. The van der Waals surface area contributed by atoms with E-state index >= 15 is 0 Å². The molecule has 0 saturated heterocycles. The number of carbonyl (C=O) groups is 1. The molecule has 1 aromatic rings. The minimum Gasteiger partial charge on any atom is -0.497 e. The highest BCUT2D eigenvalue weighted by molar-refractivity contribution is 6.83. The minimum absolute atomic E-state index is 0.00432. The van der Waals surface area contributed by atoms with Crippen LogP contribution in [0.2, 0.25) is 19.6 Å². The highest BCUT2D eigenvalue weighted by atomic mass is 28.3. The van der Waals surface area contributed by atoms with E-state index in [1.807, 2.05) is 29.2 Å². The van der Waals surface area contributed by atoms with Gasteiger partial charge >= 0.3 is 0 Å². The van der Waals surface area contributed by atoms with Crippen molar-refractivity contribution in [1.82, 2.24) is 4.90 Å². The Labute approximate surface area is 171 Å². The van der Waals surface area contributed by atoms with E-state index in [-0.39, 0.29) is 24.7 Å². The summed E-state index contributed by atoms with van der Waals surface area (Å²) in [6.07, 6.45) is -0.408. The third-order valence-electron chi connectivity index (χ3n) is 4.22. The van der Waals surface area contributed by atoms with Crippen LogP contribution in [0, 0.1) is 17.4 Å². The zero-order valence-electron chi connectivity index (χ0n) is 18.5. The van der Waals surface area contributed by atoms with Crippen LogP contribution < -0.4 is 4.74 Å². The monoisotopic (exact) mass is 405 g/mol. The normalized spacial score (nSPS) is 13.5. The Morgan fingerprint density at radius 2 is 1.75 bits per heavy atom. The van der Waals surface area contributed by atoms with Crippen LogP contribution in [0.3, 0.4) is 0 Å². The van der Waals surface area contributed by atoms with E-state index in [1.54, 1.807) is 21.1 Å². The second kappa shape index (κ2) is 11.3. The molecular weight excluding hydrogens is 370 g/mol. The molecule has 1 rings (SSSR count). The zero-order chi connectivity index (χ0) is 21.3. The van der Waals surface area contributed by atoms with Crippen molar-refractivity contribution >= 4 is 14.0 Å². The van der Waals surface area contributed by atoms with Gasteiger partial charge in [-0.15, -0.1) is 5.54 Å². The first-order valence-corrected chi connectivity index (χ1v) is 13.1. The Kier molecular flexibility index (Phi) is 9.74. The molecule has 0 radical (unpaired) electrons. The predicted molar refractivity (Wildman–Crippen MR) is 116 cm³/mol. The maximum Gasteiger partial charge on any atom is 0.220 e. The fourth-order valence-electron chi connectivity index (χ4n) is 2.88. The van der Waals surface area contributed by atoms with Crippen LogP contribution in [0.5, 0.6) is 5.75 Å². The summed E-state index contributed by atoms with van der Waals surface area (Å²) in [6.45, 7) is 13.0. The van der Waals surface area contributed by atoms with E-state index in [1.165, 1.54) is 0 Å². The fraction of sp³-hybridized carbons (Fsp3) is 0.591. The first kappa shape index (κ1) is 24.2. The van der Waals surface area contributed by atoms with Crippen molar-refractivity contribution in [1.29, 1.82) is 0 Å². The van der Waals surface area contributed by atoms with Gasteiger partial charge in [-0.2, -0.15) is 0 Å². The molecule has 0 saturated carbocycles. The van der Waals surface area contributed by atoms with Crippen LogP contribution in [-0.4, -0.2) is 52.0 Å². The Hall–Kier alpha value is -1.81. The number of hydrogen-bond acceptors (Lipinski definition) is 4. The quantitative estimate of drug-likeness (QED) is 0.355. The van der Waals surface area contributed by atoms with Gasteiger partial charge in [-0.05, 0) is 23.6 Å². The molecule has 0 bridgehead atoms. The SMILES string of the molecule is COCO[C@@H](C#C[Si](C)(C)C)[C@H](C(C)C)N(Cc1ccc(OC)cc1)C(C)=O. The standard InChI is InChI=1S/C22H35NO4Si/c1-17(2)22(21(27-16-25-4)13-14-28(6,7)8)23(18(3)24)15-19-9-11-20(26-5)12-10-19/h9-12,17,21-22H,15-16H2,1-8H3/t21-,22-/m0/s1. The zero-order valence-corrected chi connectivity index (χ0v) is 19.5. The van der Waals surface area contributed by atoms with E-state index in [0.717, 1.165) is 11.3 Å². The van der Waals surface area contributed by atoms with Gasteiger partial charge in [0.25, 0.3) is 0 Å². The number of hydrogen-bond donors (Lipinski definition) is 0. The average Bonchev–Trinajstić information content (AvgIpc) is 2.62. The molecule has 5 nitrogen and oxygen atoms in total. The minimum atomic E-state index is -1.59. The Morgan fingerprint density at radius 1 is 1.14 bits per heavy atom. The van der Waals surface area contributed by atoms with Crippen LogP contribution >= 0.6 is 0 Å². The Morgan fingerprint density at radius 3 is 2.18 bits per heavy atom. The van der Waals surface area contributed by atoms with Gasteiger partial charge in [-0.1, -0.05) is 51.5 Å². The number of benzene rings is 1. The van der Waals surface area contributed by atoms with Crippen LogP contribution in [0.15, 0.2) is 24.3 Å². The second-order valence-corrected chi connectivity index (χ2v) is 13.0. The molecule has 0 spiro atoms. The van der Waals surface area contributed by atoms with Crippen LogP contribution in [0.25, 0.3) is 0 Å². The summed E-state index contributed by atoms with van der Waals surface area (Å²) < 4.78 is 16.3. The van der Waals surface area contributed by atoms with Crippen molar-refractivity contribution in [2.24, 2.45) is 5.92 Å². The van der Waals surface area contributed by atoms with Gasteiger partial charge in [0.1, 0.15) is 26.7 Å². The Balaban J connectivity index is 3.22. The van der Waals surface area contributed by atoms with Gasteiger partial charge in [0, 0.05) is 20.6 Å². The highest BCUT2D eigenvalue weighted by Gasteiger charge is 2.32. The van der Waals surface area contributed by atoms with E-state index in [0.29, 0.717) is 6.54 Å². The van der Waals surface area contributed by atoms with Crippen molar-refractivity contribution in [2.75, 3.05) is 21.0 Å². The maximum absolute atomic E-state index is 12.6. The first-order chi connectivity index (χ1) is 13.1. The molecule has 0 unspecified atom stereocenters. The maximum atomic E-state index is 12.6. The Bertz CT molecular complexity index is 671. The summed E-state index contributed by atoms with van der Waals surface area (Å²) in [7, 11) is 1.64. The second-order valence-electron chi connectivity index (χ2n) is 8.24. The van der Waals surface area contributed by atoms with E-state index in [4.69, 9.17) is 14.2 Å². The summed E-state index contributed by atoms with van der Waals surface area (Å²) in [6, 6.07) is 7.58. The summed E-state index contributed by atoms with van der Waals surface area (Å²) >= 11 is 0. The summed E-state index contributed by atoms with van der Waals surface area (Å²) in [5.41, 5.74) is 4.43. The van der Waals surface area contributed by atoms with Gasteiger partial charge < -0.3 is 19.1 Å². The third kappa shape index (κ3) is 8.05. The molecule has 0 aromatic heterocycles. The molecule has 0 fully saturated rings. The van der Waals surface area contributed by atoms with E-state index in [9.17, 15) is 4.79 Å². The molecule has 0 aliphatic heterocycles. The number of methoxy groups -OCH3 is 2. The molecule has 1 amide bonds. The van der Waals surface area contributed by atoms with Gasteiger partial charge in [0.2, 0.25) is 5.91 Å². The predicted octanol–water partition coefficient (Wildman–Crippen LogP) is 3.94. The smallest absolute Gasteiger partial charge is 0.220 e. The van der Waals surface area contributed by atoms with Gasteiger partial charge in [-0.3, -0.25) is 4.79 Å². The highest BCUT2D eigenvalue weighted by Crippen LogP contribution is 2.22. The largest absolute Gasteiger partial charge is 0.497 e. The lowest BCUT2D eigenvalue weighted by Gasteiger charge is -2.37. The molecule has 2 atom stereocenters. The number of nitrogens with zero attached hydrogens (tertiary/aromatic N) is 1. The number of ether oxygens (including phenoxy) is 3. The molecule has 156 valence electrons. The lowest BCUT2D eigenvalue weighted by atomic mass is 9.96. The molecule has 28 heavy (non-hydrogen) atoms. The van der Waals surface area contributed by atoms with Gasteiger partial charge in [0.05, 0.1) is 13.2 Å². The molecule has 0 N–H and O–H groups in total. The molecular formula is C22H35NO4Si. The van der Waals surface area contributed by atoms with Crippen molar-refractivity contribution in [3.63, 3.8) is 0 Å². The molecule has 1 aromatic carbocycles. The van der Waals surface area contributed by atoms with Crippen molar-refractivity contribution < 1.29 is 19.0 Å². The van der Waals surface area contributed by atoms with Gasteiger partial charge in [-0.25, -0.2) is 0 Å². The van der Waals surface area contributed by atoms with Crippen molar-refractivity contribution in [3.8, 4) is 17.2 Å².